The number of carbonyl (C=O) groups excluding carboxylic acids is 3. The summed E-state index contributed by atoms with van der Waals surface area (Å²) in [7, 11) is -1.78. The third kappa shape index (κ3) is 5.86. The molecule has 35 heavy (non-hydrogen) atoms. The lowest BCUT2D eigenvalue weighted by molar-refractivity contribution is -0.134. The van der Waals surface area contributed by atoms with Crippen molar-refractivity contribution in [2.24, 2.45) is 5.92 Å². The molecular weight excluding hydrogens is 449 g/mol. The molecule has 4 rings (SSSR count). The lowest BCUT2D eigenvalue weighted by Gasteiger charge is -2.25. The average Bonchev–Trinajstić information content (AvgIpc) is 3.33. The van der Waals surface area contributed by atoms with Gasteiger partial charge in [0, 0.05) is 25.5 Å². The van der Waals surface area contributed by atoms with E-state index in [4.69, 9.17) is 0 Å². The Kier molecular flexibility index (Phi) is 7.77. The molecule has 10 nitrogen and oxygen atoms in total. The number of aromatic nitrogens is 2. The van der Waals surface area contributed by atoms with Crippen molar-refractivity contribution >= 4 is 24.8 Å². The van der Waals surface area contributed by atoms with Gasteiger partial charge in [0.2, 0.25) is 11.8 Å². The van der Waals surface area contributed by atoms with Gasteiger partial charge in [-0.1, -0.05) is 30.3 Å². The van der Waals surface area contributed by atoms with Crippen LogP contribution in [0.5, 0.6) is 0 Å². The molecule has 4 N–H and O–H groups in total. The highest BCUT2D eigenvalue weighted by Crippen LogP contribution is 2.46. The largest absolute Gasteiger partial charge is 0.475 e. The average molecular weight is 479 g/mol. The standard InChI is InChI=1S/C24H30BN5O5/c31-21(19-16-26-11-12-27-19)29-24(15-18(24)22(32)30-13-4-5-14-30)23(33)28-20(25(34)35)10-6-9-17-7-2-1-3-8-17/h1-3,7-8,11-12,16,18,20,34-35H,4-6,9-10,13-15H2,(H,28,33)(H,29,31)/t18-,20+,24?/m1/s1. The number of nitrogens with one attached hydrogen (secondary N) is 2. The molecule has 3 amide bonds. The third-order valence-electron chi connectivity index (χ3n) is 6.71. The highest BCUT2D eigenvalue weighted by atomic mass is 16.4. The van der Waals surface area contributed by atoms with Crippen molar-refractivity contribution in [1.29, 1.82) is 0 Å². The monoisotopic (exact) mass is 479 g/mol. The fourth-order valence-electron chi connectivity index (χ4n) is 4.61. The smallest absolute Gasteiger partial charge is 0.426 e. The molecule has 11 heteroatoms. The van der Waals surface area contributed by atoms with Gasteiger partial charge >= 0.3 is 7.12 Å². The van der Waals surface area contributed by atoms with Gasteiger partial charge in [-0.3, -0.25) is 19.4 Å². The van der Waals surface area contributed by atoms with Crippen LogP contribution >= 0.6 is 0 Å². The van der Waals surface area contributed by atoms with E-state index in [0.717, 1.165) is 18.4 Å². The Morgan fingerprint density at radius 3 is 2.54 bits per heavy atom. The van der Waals surface area contributed by atoms with E-state index in [-0.39, 0.29) is 18.0 Å². The second-order valence-electron chi connectivity index (χ2n) is 9.18. The molecule has 2 aliphatic rings. The fourth-order valence-corrected chi connectivity index (χ4v) is 4.61. The maximum atomic E-state index is 13.4. The van der Waals surface area contributed by atoms with Crippen LogP contribution < -0.4 is 10.6 Å². The minimum absolute atomic E-state index is 0.0283. The Morgan fingerprint density at radius 1 is 1.14 bits per heavy atom. The van der Waals surface area contributed by atoms with Crippen LogP contribution in [-0.4, -0.2) is 74.3 Å². The zero-order chi connectivity index (χ0) is 24.8. The SMILES string of the molecule is O=C(NC1(C(=O)N[C@@H](CCCc2ccccc2)B(O)O)C[C@@H]1C(=O)N1CCCC1)c1cnccn1. The van der Waals surface area contributed by atoms with E-state index in [1.807, 2.05) is 30.3 Å². The van der Waals surface area contributed by atoms with Gasteiger partial charge in [0.15, 0.2) is 0 Å². The summed E-state index contributed by atoms with van der Waals surface area (Å²) in [5, 5.41) is 25.2. The first-order valence-electron chi connectivity index (χ1n) is 12.0. The Morgan fingerprint density at radius 2 is 1.89 bits per heavy atom. The zero-order valence-electron chi connectivity index (χ0n) is 19.5. The second-order valence-corrected chi connectivity index (χ2v) is 9.18. The highest BCUT2D eigenvalue weighted by Gasteiger charge is 2.66. The van der Waals surface area contributed by atoms with E-state index in [9.17, 15) is 24.4 Å². The van der Waals surface area contributed by atoms with Crippen LogP contribution in [0.15, 0.2) is 48.9 Å². The second kappa shape index (κ2) is 11.0. The van der Waals surface area contributed by atoms with Crippen molar-refractivity contribution in [2.75, 3.05) is 13.1 Å². The lowest BCUT2D eigenvalue weighted by Crippen LogP contribution is -2.57. The first-order chi connectivity index (χ1) is 16.9. The molecule has 1 aromatic carbocycles. The highest BCUT2D eigenvalue weighted by molar-refractivity contribution is 6.43. The molecule has 3 atom stereocenters. The van der Waals surface area contributed by atoms with E-state index in [1.165, 1.54) is 18.6 Å². The van der Waals surface area contributed by atoms with Crippen LogP contribution in [0.3, 0.4) is 0 Å². The molecule has 1 saturated heterocycles. The van der Waals surface area contributed by atoms with Gasteiger partial charge in [-0.05, 0) is 44.1 Å². The number of hydrogen-bond acceptors (Lipinski definition) is 7. The number of hydrogen-bond donors (Lipinski definition) is 4. The number of benzene rings is 1. The molecule has 2 heterocycles. The summed E-state index contributed by atoms with van der Waals surface area (Å²) in [5.74, 6) is -3.07. The minimum Gasteiger partial charge on any atom is -0.426 e. The molecule has 0 spiro atoms. The first-order valence-corrected chi connectivity index (χ1v) is 12.0. The Balaban J connectivity index is 1.45. The van der Waals surface area contributed by atoms with Crippen molar-refractivity contribution < 1.29 is 24.4 Å². The van der Waals surface area contributed by atoms with Crippen LogP contribution in [0.1, 0.15) is 48.2 Å². The number of nitrogens with zero attached hydrogens (tertiary/aromatic N) is 3. The molecule has 1 aliphatic carbocycles. The van der Waals surface area contributed by atoms with E-state index in [0.29, 0.717) is 32.4 Å². The van der Waals surface area contributed by atoms with Crippen molar-refractivity contribution in [3.63, 3.8) is 0 Å². The van der Waals surface area contributed by atoms with Crippen LogP contribution in [0.2, 0.25) is 0 Å². The van der Waals surface area contributed by atoms with E-state index >= 15 is 0 Å². The number of amides is 3. The Labute approximate surface area is 204 Å². The quantitative estimate of drug-likeness (QED) is 0.354. The van der Waals surface area contributed by atoms with Crippen molar-refractivity contribution in [1.82, 2.24) is 25.5 Å². The van der Waals surface area contributed by atoms with Crippen molar-refractivity contribution in [2.45, 2.75) is 50.0 Å². The van der Waals surface area contributed by atoms with Gasteiger partial charge in [0.1, 0.15) is 11.2 Å². The zero-order valence-corrected chi connectivity index (χ0v) is 19.5. The summed E-state index contributed by atoms with van der Waals surface area (Å²) >= 11 is 0. The number of likely N-dealkylation sites (tertiary alicyclic amines) is 1. The predicted molar refractivity (Wildman–Crippen MR) is 128 cm³/mol. The molecular formula is C24H30BN5O5. The van der Waals surface area contributed by atoms with Gasteiger partial charge < -0.3 is 25.6 Å². The Bertz CT molecular complexity index is 1040. The van der Waals surface area contributed by atoms with Crippen LogP contribution in [-0.2, 0) is 16.0 Å². The van der Waals surface area contributed by atoms with Crippen molar-refractivity contribution in [3.8, 4) is 0 Å². The predicted octanol–water partition coefficient (Wildman–Crippen LogP) is 0.107. The number of rotatable bonds is 10. The Hall–Kier alpha value is -3.31. The summed E-state index contributed by atoms with van der Waals surface area (Å²) in [6, 6.07) is 9.76. The molecule has 1 aliphatic heterocycles. The lowest BCUT2D eigenvalue weighted by atomic mass is 9.76. The normalized spacial score (nSPS) is 21.8. The van der Waals surface area contributed by atoms with Gasteiger partial charge in [-0.15, -0.1) is 0 Å². The van der Waals surface area contributed by atoms with Crippen molar-refractivity contribution in [3.05, 3.63) is 60.2 Å². The maximum Gasteiger partial charge on any atom is 0.475 e. The first kappa shape index (κ1) is 24.8. The van der Waals surface area contributed by atoms with Gasteiger partial charge in [-0.25, -0.2) is 4.98 Å². The number of aryl methyl sites for hydroxylation is 1. The molecule has 2 fully saturated rings. The van der Waals surface area contributed by atoms with E-state index < -0.39 is 36.3 Å². The molecule has 184 valence electrons. The van der Waals surface area contributed by atoms with E-state index in [2.05, 4.69) is 20.6 Å². The molecule has 2 aromatic rings. The molecule has 1 aromatic heterocycles. The van der Waals surface area contributed by atoms with Crippen LogP contribution in [0.25, 0.3) is 0 Å². The number of carbonyl (C=O) groups is 3. The minimum atomic E-state index is -1.78. The molecule has 1 unspecified atom stereocenters. The summed E-state index contributed by atoms with van der Waals surface area (Å²) in [6.07, 6.45) is 7.67. The van der Waals surface area contributed by atoms with Gasteiger partial charge in [-0.2, -0.15) is 0 Å². The molecule has 1 saturated carbocycles. The molecule has 0 radical (unpaired) electrons. The summed E-state index contributed by atoms with van der Waals surface area (Å²) in [6.45, 7) is 1.26. The summed E-state index contributed by atoms with van der Waals surface area (Å²) in [5.41, 5.74) is -0.336. The van der Waals surface area contributed by atoms with Gasteiger partial charge in [0.05, 0.1) is 18.1 Å². The fraction of sp³-hybridized carbons (Fsp3) is 0.458. The summed E-state index contributed by atoms with van der Waals surface area (Å²) < 4.78 is 0. The molecule has 0 bridgehead atoms. The summed E-state index contributed by atoms with van der Waals surface area (Å²) in [4.78, 5) is 48.9. The maximum absolute atomic E-state index is 13.4. The van der Waals surface area contributed by atoms with E-state index in [1.54, 1.807) is 4.90 Å². The third-order valence-corrected chi connectivity index (χ3v) is 6.71. The van der Waals surface area contributed by atoms with Gasteiger partial charge in [0.25, 0.3) is 5.91 Å². The van der Waals surface area contributed by atoms with Crippen LogP contribution in [0, 0.1) is 5.92 Å². The topological polar surface area (TPSA) is 145 Å². The van der Waals surface area contributed by atoms with Crippen LogP contribution in [0.4, 0.5) is 0 Å².